The van der Waals surface area contributed by atoms with E-state index < -0.39 is 9.84 Å². The van der Waals surface area contributed by atoms with E-state index in [1.807, 2.05) is 0 Å². The van der Waals surface area contributed by atoms with Gasteiger partial charge in [-0.2, -0.15) is 0 Å². The lowest BCUT2D eigenvalue weighted by Gasteiger charge is -1.97. The molecule has 0 aliphatic carbocycles. The molecule has 0 atom stereocenters. The molecule has 0 rings (SSSR count). The highest BCUT2D eigenvalue weighted by Gasteiger charge is 1.99. The van der Waals surface area contributed by atoms with E-state index in [4.69, 9.17) is 11.6 Å². The van der Waals surface area contributed by atoms with E-state index in [-0.39, 0.29) is 18.3 Å². The minimum absolute atomic E-state index is 0.0185. The highest BCUT2D eigenvalue weighted by molar-refractivity contribution is 7.90. The van der Waals surface area contributed by atoms with E-state index >= 15 is 0 Å². The molecule has 0 amide bonds. The minimum Gasteiger partial charge on any atom is -0.369 e. The molecule has 0 saturated heterocycles. The van der Waals surface area contributed by atoms with Crippen molar-refractivity contribution >= 4 is 15.8 Å². The number of hydrogen-bond donors (Lipinski definition) is 3. The number of sulfone groups is 1. The fraction of sp³-hybridized carbons (Fsp3) is 0.750. The maximum absolute atomic E-state index is 10.5. The highest BCUT2D eigenvalue weighted by atomic mass is 32.2. The maximum Gasteiger partial charge on any atom is 0.203 e. The fourth-order valence-electron chi connectivity index (χ4n) is 0.378. The van der Waals surface area contributed by atoms with E-state index in [1.165, 1.54) is 0 Å². The van der Waals surface area contributed by atoms with Gasteiger partial charge in [-0.05, 0) is 0 Å². The van der Waals surface area contributed by atoms with Crippen LogP contribution in [0.4, 0.5) is 0 Å². The van der Waals surface area contributed by atoms with Crippen molar-refractivity contribution in [2.45, 2.75) is 0 Å². The van der Waals surface area contributed by atoms with E-state index in [1.54, 1.807) is 0 Å². The van der Waals surface area contributed by atoms with Gasteiger partial charge in [0.2, 0.25) is 5.96 Å². The van der Waals surface area contributed by atoms with E-state index in [0.717, 1.165) is 6.26 Å². The Morgan fingerprint density at radius 1 is 1.64 bits per heavy atom. The summed E-state index contributed by atoms with van der Waals surface area (Å²) >= 11 is 0. The Morgan fingerprint density at radius 2 is 2.18 bits per heavy atom. The Morgan fingerprint density at radius 3 is 2.55 bits per heavy atom. The average Bonchev–Trinajstić information content (AvgIpc) is 1.85. The summed E-state index contributed by atoms with van der Waals surface area (Å²) in [5.41, 5.74) is 7.21. The first kappa shape index (κ1) is 10.2. The van der Waals surface area contributed by atoms with E-state index in [0.29, 0.717) is 0 Å². The summed E-state index contributed by atoms with van der Waals surface area (Å²) in [5.74, 6) is 4.88. The van der Waals surface area contributed by atoms with Crippen LogP contribution in [0, 0.1) is 0 Å². The summed E-state index contributed by atoms with van der Waals surface area (Å²) in [5, 5.41) is 0. The summed E-state index contributed by atoms with van der Waals surface area (Å²) in [6, 6.07) is 0. The Balaban J connectivity index is 3.75. The molecular weight excluding hydrogens is 168 g/mol. The second kappa shape index (κ2) is 4.14. The van der Waals surface area contributed by atoms with Gasteiger partial charge in [-0.15, -0.1) is 0 Å². The summed E-state index contributed by atoms with van der Waals surface area (Å²) in [6.45, 7) is 0.134. The molecule has 0 aromatic heterocycles. The molecule has 0 aliphatic rings. The lowest BCUT2D eigenvalue weighted by Crippen LogP contribution is -2.37. The molecular formula is C4H12N4O2S. The molecule has 0 saturated carbocycles. The molecule has 7 heteroatoms. The monoisotopic (exact) mass is 180 g/mol. The number of guanidine groups is 1. The zero-order valence-electron chi connectivity index (χ0n) is 6.24. The summed E-state index contributed by atoms with van der Waals surface area (Å²) < 4.78 is 21.1. The molecule has 66 valence electrons. The van der Waals surface area contributed by atoms with Crippen molar-refractivity contribution in [3.63, 3.8) is 0 Å². The second-order valence-corrected chi connectivity index (χ2v) is 4.30. The van der Waals surface area contributed by atoms with Gasteiger partial charge in [-0.1, -0.05) is 0 Å². The first-order chi connectivity index (χ1) is 4.95. The van der Waals surface area contributed by atoms with Crippen LogP contribution in [0.2, 0.25) is 0 Å². The quantitative estimate of drug-likeness (QED) is 0.198. The minimum atomic E-state index is -2.96. The van der Waals surface area contributed by atoms with Gasteiger partial charge in [0.15, 0.2) is 0 Å². The smallest absolute Gasteiger partial charge is 0.203 e. The molecule has 6 nitrogen and oxygen atoms in total. The van der Waals surface area contributed by atoms with Gasteiger partial charge < -0.3 is 5.73 Å². The van der Waals surface area contributed by atoms with Gasteiger partial charge in [-0.25, -0.2) is 14.3 Å². The van der Waals surface area contributed by atoms with Gasteiger partial charge >= 0.3 is 0 Å². The van der Waals surface area contributed by atoms with Gasteiger partial charge in [0.05, 0.1) is 12.3 Å². The van der Waals surface area contributed by atoms with Crippen LogP contribution >= 0.6 is 0 Å². The van der Waals surface area contributed by atoms with Crippen LogP contribution in [-0.2, 0) is 9.84 Å². The third-order valence-electron chi connectivity index (χ3n) is 0.892. The van der Waals surface area contributed by atoms with Crippen molar-refractivity contribution in [2.24, 2.45) is 16.6 Å². The van der Waals surface area contributed by atoms with Gasteiger partial charge in [0.25, 0.3) is 0 Å². The molecule has 0 radical (unpaired) electrons. The SMILES string of the molecule is CS(=O)(=O)CCN=C(N)NN. The molecule has 0 unspecified atom stereocenters. The maximum atomic E-state index is 10.5. The topological polar surface area (TPSA) is 111 Å². The predicted molar refractivity (Wildman–Crippen MR) is 43.5 cm³/mol. The van der Waals surface area contributed by atoms with Crippen molar-refractivity contribution in [3.05, 3.63) is 0 Å². The zero-order valence-corrected chi connectivity index (χ0v) is 7.06. The number of nitrogens with one attached hydrogen (secondary N) is 1. The van der Waals surface area contributed by atoms with E-state index in [9.17, 15) is 8.42 Å². The largest absolute Gasteiger partial charge is 0.369 e. The summed E-state index contributed by atoms with van der Waals surface area (Å²) in [4.78, 5) is 3.61. The normalized spacial score (nSPS) is 13.1. The Bertz CT molecular complexity index is 232. The molecule has 0 fully saturated rings. The van der Waals surface area contributed by atoms with Crippen LogP contribution < -0.4 is 17.0 Å². The number of aliphatic imine (C=N–C) groups is 1. The second-order valence-electron chi connectivity index (χ2n) is 2.04. The third-order valence-corrected chi connectivity index (χ3v) is 1.82. The predicted octanol–water partition coefficient (Wildman–Crippen LogP) is -2.19. The lowest BCUT2D eigenvalue weighted by atomic mass is 10.8. The molecule has 0 bridgehead atoms. The standard InChI is InChI=1S/C4H12N4O2S/c1-11(9,10)3-2-7-4(5)8-6/h2-3,6H2,1H3,(H3,5,7,8). The zero-order chi connectivity index (χ0) is 8.91. The Kier molecular flexibility index (Phi) is 3.83. The van der Waals surface area contributed by atoms with Crippen molar-refractivity contribution < 1.29 is 8.42 Å². The Hall–Kier alpha value is -0.820. The molecule has 5 N–H and O–H groups in total. The van der Waals surface area contributed by atoms with Gasteiger partial charge in [0.1, 0.15) is 9.84 Å². The summed E-state index contributed by atoms with van der Waals surface area (Å²) in [6.07, 6.45) is 1.13. The first-order valence-corrected chi connectivity index (χ1v) is 4.96. The molecule has 0 aromatic carbocycles. The molecule has 0 heterocycles. The Labute approximate surface area is 65.6 Å². The number of hydrogen-bond acceptors (Lipinski definition) is 4. The van der Waals surface area contributed by atoms with Crippen molar-refractivity contribution in [2.75, 3.05) is 18.6 Å². The fourth-order valence-corrected chi connectivity index (χ4v) is 0.800. The number of nitrogens with two attached hydrogens (primary N) is 2. The molecule has 0 aliphatic heterocycles. The number of hydrazine groups is 1. The van der Waals surface area contributed by atoms with E-state index in [2.05, 4.69) is 10.4 Å². The number of nitrogens with zero attached hydrogens (tertiary/aromatic N) is 1. The first-order valence-electron chi connectivity index (χ1n) is 2.90. The van der Waals surface area contributed by atoms with Crippen LogP contribution in [0.15, 0.2) is 4.99 Å². The van der Waals surface area contributed by atoms with Crippen LogP contribution in [-0.4, -0.2) is 32.9 Å². The molecule has 11 heavy (non-hydrogen) atoms. The van der Waals surface area contributed by atoms with Crippen LogP contribution in [0.1, 0.15) is 0 Å². The van der Waals surface area contributed by atoms with Gasteiger partial charge in [-0.3, -0.25) is 10.4 Å². The lowest BCUT2D eigenvalue weighted by molar-refractivity contribution is 0.601. The van der Waals surface area contributed by atoms with Crippen molar-refractivity contribution in [1.29, 1.82) is 0 Å². The van der Waals surface area contributed by atoms with Gasteiger partial charge in [0, 0.05) is 6.26 Å². The van der Waals surface area contributed by atoms with Crippen LogP contribution in [0.25, 0.3) is 0 Å². The van der Waals surface area contributed by atoms with Crippen LogP contribution in [0.5, 0.6) is 0 Å². The molecule has 0 aromatic rings. The van der Waals surface area contributed by atoms with Crippen molar-refractivity contribution in [3.8, 4) is 0 Å². The van der Waals surface area contributed by atoms with Crippen molar-refractivity contribution in [1.82, 2.24) is 5.43 Å². The average molecular weight is 180 g/mol. The van der Waals surface area contributed by atoms with Crippen LogP contribution in [0.3, 0.4) is 0 Å². The highest BCUT2D eigenvalue weighted by Crippen LogP contribution is 1.81. The number of rotatable bonds is 3. The summed E-state index contributed by atoms with van der Waals surface area (Å²) in [7, 11) is -2.96. The molecule has 0 spiro atoms. The third kappa shape index (κ3) is 7.07.